The number of anilines is 1. The van der Waals surface area contributed by atoms with Crippen molar-refractivity contribution in [1.82, 2.24) is 0 Å². The second-order valence-electron chi connectivity index (χ2n) is 4.57. The van der Waals surface area contributed by atoms with E-state index in [-0.39, 0.29) is 0 Å². The average molecular weight is 297 g/mol. The number of nitrogens with one attached hydrogen (secondary N) is 1. The van der Waals surface area contributed by atoms with Crippen molar-refractivity contribution in [1.29, 1.82) is 0 Å². The summed E-state index contributed by atoms with van der Waals surface area (Å²) in [6.07, 6.45) is 0. The first kappa shape index (κ1) is 17.9. The molecule has 21 heavy (non-hydrogen) atoms. The van der Waals surface area contributed by atoms with Crippen LogP contribution in [0.2, 0.25) is 0 Å². The molecule has 0 saturated carbocycles. The van der Waals surface area contributed by atoms with E-state index in [1.54, 1.807) is 7.11 Å². The molecule has 0 aliphatic heterocycles. The van der Waals surface area contributed by atoms with E-state index in [0.29, 0.717) is 46.2 Å². The quantitative estimate of drug-likeness (QED) is 0.565. The van der Waals surface area contributed by atoms with E-state index >= 15 is 0 Å². The molecule has 5 heteroatoms. The fraction of sp³-hybridized carbons (Fsp3) is 0.625. The van der Waals surface area contributed by atoms with Gasteiger partial charge < -0.3 is 24.3 Å². The predicted molar refractivity (Wildman–Crippen MR) is 84.0 cm³/mol. The monoisotopic (exact) mass is 297 g/mol. The third kappa shape index (κ3) is 9.42. The first-order chi connectivity index (χ1) is 10.3. The summed E-state index contributed by atoms with van der Waals surface area (Å²) >= 11 is 0. The molecule has 0 aromatic heterocycles. The van der Waals surface area contributed by atoms with Gasteiger partial charge in [-0.2, -0.15) is 0 Å². The summed E-state index contributed by atoms with van der Waals surface area (Å²) in [5, 5.41) is 3.35. The minimum Gasteiger partial charge on any atom is -0.383 e. The van der Waals surface area contributed by atoms with Crippen LogP contribution in [-0.2, 0) is 18.9 Å². The lowest BCUT2D eigenvalue weighted by Crippen LogP contribution is -2.14. The molecule has 0 fully saturated rings. The number of benzene rings is 1. The van der Waals surface area contributed by atoms with Crippen LogP contribution in [-0.4, -0.2) is 59.9 Å². The lowest BCUT2D eigenvalue weighted by atomic mass is 10.2. The maximum Gasteiger partial charge on any atom is 0.0701 e. The lowest BCUT2D eigenvalue weighted by molar-refractivity contribution is 0.00495. The molecule has 0 unspecified atom stereocenters. The topological polar surface area (TPSA) is 49.0 Å². The van der Waals surface area contributed by atoms with E-state index in [0.717, 1.165) is 12.2 Å². The second kappa shape index (κ2) is 12.6. The number of para-hydroxylation sites is 1. The maximum atomic E-state index is 5.49. The van der Waals surface area contributed by atoms with E-state index in [4.69, 9.17) is 18.9 Å². The number of rotatable bonds is 13. The molecule has 0 heterocycles. The van der Waals surface area contributed by atoms with Gasteiger partial charge in [-0.1, -0.05) is 18.2 Å². The van der Waals surface area contributed by atoms with Gasteiger partial charge in [0.1, 0.15) is 0 Å². The molecular weight excluding hydrogens is 270 g/mol. The molecule has 0 bridgehead atoms. The van der Waals surface area contributed by atoms with E-state index in [1.807, 2.05) is 12.1 Å². The van der Waals surface area contributed by atoms with Crippen LogP contribution >= 0.6 is 0 Å². The SMILES string of the molecule is COCCOCCOCCOCCNc1ccccc1C. The summed E-state index contributed by atoms with van der Waals surface area (Å²) in [5.41, 5.74) is 2.40. The molecule has 0 atom stereocenters. The number of hydrogen-bond acceptors (Lipinski definition) is 5. The van der Waals surface area contributed by atoms with Gasteiger partial charge in [0.05, 0.1) is 46.2 Å². The van der Waals surface area contributed by atoms with Gasteiger partial charge in [-0.15, -0.1) is 0 Å². The number of methoxy groups -OCH3 is 1. The van der Waals surface area contributed by atoms with Gasteiger partial charge in [0, 0.05) is 19.3 Å². The molecule has 0 aliphatic rings. The molecule has 120 valence electrons. The fourth-order valence-electron chi connectivity index (χ4n) is 1.71. The third-order valence-electron chi connectivity index (χ3n) is 2.88. The highest BCUT2D eigenvalue weighted by Crippen LogP contribution is 2.12. The fourth-order valence-corrected chi connectivity index (χ4v) is 1.71. The summed E-state index contributed by atoms with van der Waals surface area (Å²) in [4.78, 5) is 0. The lowest BCUT2D eigenvalue weighted by Gasteiger charge is -2.10. The number of ether oxygens (including phenoxy) is 4. The van der Waals surface area contributed by atoms with E-state index < -0.39 is 0 Å². The minimum absolute atomic E-state index is 0.592. The molecule has 1 rings (SSSR count). The molecule has 1 aromatic carbocycles. The van der Waals surface area contributed by atoms with Crippen LogP contribution in [0.25, 0.3) is 0 Å². The zero-order valence-corrected chi connectivity index (χ0v) is 13.1. The summed E-state index contributed by atoms with van der Waals surface area (Å²) in [6, 6.07) is 8.22. The van der Waals surface area contributed by atoms with Crippen molar-refractivity contribution in [3.05, 3.63) is 29.8 Å². The van der Waals surface area contributed by atoms with Crippen LogP contribution in [0, 0.1) is 6.92 Å². The Morgan fingerprint density at radius 3 is 2.00 bits per heavy atom. The number of hydrogen-bond donors (Lipinski definition) is 1. The van der Waals surface area contributed by atoms with Crippen LogP contribution < -0.4 is 5.32 Å². The Hall–Kier alpha value is -1.14. The molecule has 0 saturated heterocycles. The van der Waals surface area contributed by atoms with Crippen molar-refractivity contribution in [2.75, 3.05) is 65.2 Å². The van der Waals surface area contributed by atoms with Crippen molar-refractivity contribution in [2.24, 2.45) is 0 Å². The second-order valence-corrected chi connectivity index (χ2v) is 4.57. The number of aryl methyl sites for hydroxylation is 1. The van der Waals surface area contributed by atoms with Crippen LogP contribution in [0.4, 0.5) is 5.69 Å². The molecule has 1 N–H and O–H groups in total. The highest BCUT2D eigenvalue weighted by atomic mass is 16.6. The van der Waals surface area contributed by atoms with Gasteiger partial charge in [0.2, 0.25) is 0 Å². The summed E-state index contributed by atoms with van der Waals surface area (Å²) < 4.78 is 21.0. The van der Waals surface area contributed by atoms with Gasteiger partial charge in [0.25, 0.3) is 0 Å². The largest absolute Gasteiger partial charge is 0.383 e. The third-order valence-corrected chi connectivity index (χ3v) is 2.88. The maximum absolute atomic E-state index is 5.49. The normalized spacial score (nSPS) is 10.8. The van der Waals surface area contributed by atoms with Gasteiger partial charge in [-0.25, -0.2) is 0 Å². The average Bonchev–Trinajstić information content (AvgIpc) is 2.50. The van der Waals surface area contributed by atoms with Gasteiger partial charge in [0.15, 0.2) is 0 Å². The van der Waals surface area contributed by atoms with E-state index in [9.17, 15) is 0 Å². The van der Waals surface area contributed by atoms with Gasteiger partial charge in [-0.3, -0.25) is 0 Å². The smallest absolute Gasteiger partial charge is 0.0701 e. The molecule has 0 amide bonds. The molecule has 1 aromatic rings. The highest BCUT2D eigenvalue weighted by molar-refractivity contribution is 5.50. The van der Waals surface area contributed by atoms with Crippen molar-refractivity contribution in [2.45, 2.75) is 6.92 Å². The Kier molecular flexibility index (Phi) is 10.7. The van der Waals surface area contributed by atoms with Crippen molar-refractivity contribution in [3.8, 4) is 0 Å². The van der Waals surface area contributed by atoms with E-state index in [2.05, 4.69) is 24.4 Å². The van der Waals surface area contributed by atoms with Crippen LogP contribution in [0.3, 0.4) is 0 Å². The van der Waals surface area contributed by atoms with Crippen LogP contribution in [0.15, 0.2) is 24.3 Å². The molecular formula is C16H27NO4. The Labute approximate surface area is 127 Å². The zero-order valence-electron chi connectivity index (χ0n) is 13.1. The van der Waals surface area contributed by atoms with E-state index in [1.165, 1.54) is 5.56 Å². The van der Waals surface area contributed by atoms with Crippen molar-refractivity contribution < 1.29 is 18.9 Å². The molecule has 5 nitrogen and oxygen atoms in total. The Balaban J connectivity index is 1.84. The highest BCUT2D eigenvalue weighted by Gasteiger charge is 1.95. The summed E-state index contributed by atoms with van der Waals surface area (Å²) in [7, 11) is 1.66. The first-order valence-electron chi connectivity index (χ1n) is 7.36. The summed E-state index contributed by atoms with van der Waals surface area (Å²) in [6.45, 7) is 7.18. The Morgan fingerprint density at radius 1 is 0.810 bits per heavy atom. The minimum atomic E-state index is 0.592. The molecule has 0 aliphatic carbocycles. The standard InChI is InChI=1S/C16H27NO4/c1-15-5-3-4-6-16(15)17-7-8-19-11-12-21-14-13-20-10-9-18-2/h3-6,17H,7-14H2,1-2H3. The van der Waals surface area contributed by atoms with Crippen molar-refractivity contribution in [3.63, 3.8) is 0 Å². The van der Waals surface area contributed by atoms with Crippen molar-refractivity contribution >= 4 is 5.69 Å². The Bertz CT molecular complexity index is 360. The Morgan fingerprint density at radius 2 is 1.38 bits per heavy atom. The first-order valence-corrected chi connectivity index (χ1v) is 7.36. The molecule has 0 spiro atoms. The zero-order chi connectivity index (χ0) is 15.2. The van der Waals surface area contributed by atoms with Crippen LogP contribution in [0.5, 0.6) is 0 Å². The van der Waals surface area contributed by atoms with Gasteiger partial charge >= 0.3 is 0 Å². The predicted octanol–water partition coefficient (Wildman–Crippen LogP) is 2.10. The van der Waals surface area contributed by atoms with Gasteiger partial charge in [-0.05, 0) is 18.6 Å². The van der Waals surface area contributed by atoms with Crippen LogP contribution in [0.1, 0.15) is 5.56 Å². The summed E-state index contributed by atoms with van der Waals surface area (Å²) in [5.74, 6) is 0. The molecule has 0 radical (unpaired) electrons.